The average molecular weight is 402 g/mol. The topological polar surface area (TPSA) is 49.3 Å². The molecule has 2 fully saturated rings. The molecule has 2 aromatic carbocycles. The lowest BCUT2D eigenvalue weighted by Gasteiger charge is -2.31. The van der Waals surface area contributed by atoms with Gasteiger partial charge in [0.2, 0.25) is 5.95 Å². The van der Waals surface area contributed by atoms with Gasteiger partial charge < -0.3 is 9.80 Å². The summed E-state index contributed by atoms with van der Waals surface area (Å²) in [4.78, 5) is 26.3. The molecule has 2 aliphatic rings. The molecule has 2 saturated heterocycles. The van der Waals surface area contributed by atoms with E-state index >= 15 is 0 Å². The highest BCUT2D eigenvalue weighted by Gasteiger charge is 2.50. The summed E-state index contributed by atoms with van der Waals surface area (Å²) in [6.07, 6.45) is 3.51. The van der Waals surface area contributed by atoms with Gasteiger partial charge in [0.15, 0.2) is 0 Å². The summed E-state index contributed by atoms with van der Waals surface area (Å²) in [6.45, 7) is 4.23. The maximum Gasteiger partial charge on any atom is 0.257 e. The predicted octanol–water partition coefficient (Wildman–Crippen LogP) is 3.87. The highest BCUT2D eigenvalue weighted by molar-refractivity contribution is 5.95. The van der Waals surface area contributed by atoms with Crippen LogP contribution in [0.5, 0.6) is 0 Å². The number of aromatic nitrogens is 2. The maximum atomic E-state index is 14.4. The van der Waals surface area contributed by atoms with Gasteiger partial charge in [-0.3, -0.25) is 4.79 Å². The molecule has 1 aromatic heterocycles. The number of benzene rings is 2. The molecule has 3 atom stereocenters. The van der Waals surface area contributed by atoms with Crippen LogP contribution in [-0.2, 0) is 0 Å². The van der Waals surface area contributed by atoms with E-state index < -0.39 is 5.82 Å². The molecule has 0 radical (unpaired) electrons. The van der Waals surface area contributed by atoms with Crippen molar-refractivity contribution >= 4 is 11.9 Å². The van der Waals surface area contributed by atoms with E-state index in [2.05, 4.69) is 33.9 Å². The van der Waals surface area contributed by atoms with Crippen molar-refractivity contribution in [2.45, 2.75) is 13.0 Å². The van der Waals surface area contributed by atoms with Gasteiger partial charge in [0.05, 0.1) is 11.6 Å². The number of carbonyl (C=O) groups excluding carboxylic acids is 1. The van der Waals surface area contributed by atoms with Gasteiger partial charge in [-0.15, -0.1) is 0 Å². The molecule has 0 unspecified atom stereocenters. The lowest BCUT2D eigenvalue weighted by molar-refractivity contribution is 0.0710. The Hall–Kier alpha value is -3.28. The fourth-order valence-corrected chi connectivity index (χ4v) is 4.98. The van der Waals surface area contributed by atoms with Crippen LogP contribution in [0, 0.1) is 24.6 Å². The van der Waals surface area contributed by atoms with E-state index in [1.54, 1.807) is 30.6 Å². The van der Waals surface area contributed by atoms with Gasteiger partial charge in [0, 0.05) is 43.9 Å². The van der Waals surface area contributed by atoms with Gasteiger partial charge in [0.25, 0.3) is 5.91 Å². The highest BCUT2D eigenvalue weighted by Crippen LogP contribution is 2.46. The Morgan fingerprint density at radius 1 is 0.967 bits per heavy atom. The van der Waals surface area contributed by atoms with Crippen LogP contribution in [0.15, 0.2) is 67.0 Å². The lowest BCUT2D eigenvalue weighted by atomic mass is 9.87. The number of nitrogens with zero attached hydrogens (tertiary/aromatic N) is 4. The summed E-state index contributed by atoms with van der Waals surface area (Å²) in [5.74, 6) is 0.544. The fraction of sp³-hybridized carbons (Fsp3) is 0.292. The molecule has 2 aliphatic heterocycles. The smallest absolute Gasteiger partial charge is 0.257 e. The van der Waals surface area contributed by atoms with Gasteiger partial charge in [-0.1, -0.05) is 36.4 Å². The van der Waals surface area contributed by atoms with Gasteiger partial charge in [0.1, 0.15) is 5.82 Å². The molecule has 5 rings (SSSR count). The van der Waals surface area contributed by atoms with Crippen molar-refractivity contribution in [1.29, 1.82) is 0 Å². The van der Waals surface area contributed by atoms with Crippen LogP contribution in [0.1, 0.15) is 27.5 Å². The van der Waals surface area contributed by atoms with Crippen LogP contribution in [0.2, 0.25) is 0 Å². The fourth-order valence-electron chi connectivity index (χ4n) is 4.98. The summed E-state index contributed by atoms with van der Waals surface area (Å²) >= 11 is 0. The van der Waals surface area contributed by atoms with Crippen molar-refractivity contribution in [3.05, 3.63) is 89.5 Å². The maximum absolute atomic E-state index is 14.4. The van der Waals surface area contributed by atoms with Crippen LogP contribution in [0.4, 0.5) is 10.3 Å². The highest BCUT2D eigenvalue weighted by atomic mass is 19.1. The Morgan fingerprint density at radius 2 is 1.70 bits per heavy atom. The first kappa shape index (κ1) is 18.7. The zero-order valence-electron chi connectivity index (χ0n) is 16.8. The first-order chi connectivity index (χ1) is 14.6. The Morgan fingerprint density at radius 3 is 2.47 bits per heavy atom. The SMILES string of the molecule is Cc1ccccc1[C@@H]1[C@H]2CN(c3ncccn3)C[C@H]2CN1C(=O)c1ccccc1F. The third kappa shape index (κ3) is 3.12. The summed E-state index contributed by atoms with van der Waals surface area (Å²) in [6, 6.07) is 16.1. The quantitative estimate of drug-likeness (QED) is 0.667. The second-order valence-corrected chi connectivity index (χ2v) is 8.12. The molecule has 1 amide bonds. The molecule has 0 spiro atoms. The van der Waals surface area contributed by atoms with Crippen LogP contribution in [0.25, 0.3) is 0 Å². The number of hydrogen-bond donors (Lipinski definition) is 0. The van der Waals surface area contributed by atoms with Gasteiger partial charge in [-0.2, -0.15) is 0 Å². The number of fused-ring (bicyclic) bond motifs is 1. The van der Waals surface area contributed by atoms with Crippen LogP contribution < -0.4 is 4.90 Å². The number of amides is 1. The molecule has 3 aromatic rings. The van der Waals surface area contributed by atoms with Crippen molar-refractivity contribution in [2.24, 2.45) is 11.8 Å². The van der Waals surface area contributed by atoms with E-state index in [0.717, 1.165) is 30.2 Å². The minimum atomic E-state index is -0.470. The zero-order valence-corrected chi connectivity index (χ0v) is 16.8. The lowest BCUT2D eigenvalue weighted by Crippen LogP contribution is -2.36. The minimum absolute atomic E-state index is 0.1000. The van der Waals surface area contributed by atoms with Gasteiger partial charge >= 0.3 is 0 Å². The van der Waals surface area contributed by atoms with E-state index in [-0.39, 0.29) is 29.3 Å². The summed E-state index contributed by atoms with van der Waals surface area (Å²) in [5, 5.41) is 0. The largest absolute Gasteiger partial charge is 0.340 e. The molecule has 152 valence electrons. The molecule has 0 aliphatic carbocycles. The zero-order chi connectivity index (χ0) is 20.7. The van der Waals surface area contributed by atoms with E-state index in [4.69, 9.17) is 0 Å². The van der Waals surface area contributed by atoms with E-state index in [0.29, 0.717) is 6.54 Å². The second-order valence-electron chi connectivity index (χ2n) is 8.12. The molecule has 3 heterocycles. The van der Waals surface area contributed by atoms with Crippen LogP contribution >= 0.6 is 0 Å². The molecule has 6 heteroatoms. The molecular formula is C24H23FN4O. The van der Waals surface area contributed by atoms with E-state index in [1.807, 2.05) is 23.1 Å². The van der Waals surface area contributed by atoms with Crippen molar-refractivity contribution in [1.82, 2.24) is 14.9 Å². The van der Waals surface area contributed by atoms with E-state index in [9.17, 15) is 9.18 Å². The normalized spacial score (nSPS) is 22.9. The van der Waals surface area contributed by atoms with Crippen LogP contribution in [0.3, 0.4) is 0 Å². The third-order valence-corrected chi connectivity index (χ3v) is 6.37. The van der Waals surface area contributed by atoms with Crippen LogP contribution in [-0.4, -0.2) is 40.4 Å². The molecular weight excluding hydrogens is 379 g/mol. The number of carbonyl (C=O) groups is 1. The Kier molecular flexibility index (Phi) is 4.69. The number of anilines is 1. The van der Waals surface area contributed by atoms with Crippen molar-refractivity contribution < 1.29 is 9.18 Å². The molecule has 30 heavy (non-hydrogen) atoms. The monoisotopic (exact) mass is 402 g/mol. The second kappa shape index (κ2) is 7.52. The average Bonchev–Trinajstić information content (AvgIpc) is 3.33. The summed E-state index contributed by atoms with van der Waals surface area (Å²) in [5.41, 5.74) is 2.41. The standard InChI is InChI=1S/C24H23FN4O/c1-16-7-2-3-8-18(16)22-20-15-28(24-26-11-6-12-27-24)13-17(20)14-29(22)23(30)19-9-4-5-10-21(19)25/h2-12,17,20,22H,13-15H2,1H3/t17-,20-,22+/m0/s1. The van der Waals surface area contributed by atoms with E-state index in [1.165, 1.54) is 6.07 Å². The molecule has 0 N–H and O–H groups in total. The molecule has 0 bridgehead atoms. The third-order valence-electron chi connectivity index (χ3n) is 6.37. The Balaban J connectivity index is 1.51. The molecule has 0 saturated carbocycles. The minimum Gasteiger partial charge on any atom is -0.340 e. The Labute approximate surface area is 175 Å². The van der Waals surface area contributed by atoms with Crippen molar-refractivity contribution in [2.75, 3.05) is 24.5 Å². The van der Waals surface area contributed by atoms with Crippen molar-refractivity contribution in [3.63, 3.8) is 0 Å². The number of likely N-dealkylation sites (tertiary alicyclic amines) is 1. The number of halogens is 1. The molecule has 5 nitrogen and oxygen atoms in total. The Bertz CT molecular complexity index is 1070. The first-order valence-corrected chi connectivity index (χ1v) is 10.3. The summed E-state index contributed by atoms with van der Waals surface area (Å²) in [7, 11) is 0. The van der Waals surface area contributed by atoms with Gasteiger partial charge in [-0.25, -0.2) is 14.4 Å². The predicted molar refractivity (Wildman–Crippen MR) is 113 cm³/mol. The first-order valence-electron chi connectivity index (χ1n) is 10.3. The van der Waals surface area contributed by atoms with Gasteiger partial charge in [-0.05, 0) is 36.2 Å². The van der Waals surface area contributed by atoms with Crippen molar-refractivity contribution in [3.8, 4) is 0 Å². The number of aryl methyl sites for hydroxylation is 1. The number of rotatable bonds is 3. The number of hydrogen-bond acceptors (Lipinski definition) is 4. The summed E-state index contributed by atoms with van der Waals surface area (Å²) < 4.78 is 14.4.